The zero-order chi connectivity index (χ0) is 13.8. The van der Waals surface area contributed by atoms with Crippen molar-refractivity contribution in [3.05, 3.63) is 29.8 Å². The van der Waals surface area contributed by atoms with Gasteiger partial charge in [-0.25, -0.2) is 0 Å². The Hall–Kier alpha value is -1.06. The van der Waals surface area contributed by atoms with Crippen LogP contribution in [0.25, 0.3) is 0 Å². The molecule has 20 heavy (non-hydrogen) atoms. The lowest BCUT2D eigenvalue weighted by Crippen LogP contribution is -2.38. The first kappa shape index (κ1) is 13.9. The molecule has 2 aliphatic rings. The van der Waals surface area contributed by atoms with Crippen LogP contribution in [-0.4, -0.2) is 37.7 Å². The van der Waals surface area contributed by atoms with Crippen molar-refractivity contribution in [2.45, 2.75) is 38.3 Å². The summed E-state index contributed by atoms with van der Waals surface area (Å²) in [6, 6.07) is 9.19. The van der Waals surface area contributed by atoms with E-state index in [2.05, 4.69) is 28.4 Å². The number of methoxy groups -OCH3 is 1. The van der Waals surface area contributed by atoms with E-state index in [1.807, 2.05) is 6.07 Å². The number of hydrogen-bond donors (Lipinski definition) is 1. The van der Waals surface area contributed by atoms with Crippen LogP contribution in [0.1, 0.15) is 31.2 Å². The Balaban J connectivity index is 1.61. The molecule has 1 heterocycles. The molecule has 0 bridgehead atoms. The Morgan fingerprint density at radius 3 is 2.85 bits per heavy atom. The van der Waals surface area contributed by atoms with E-state index in [9.17, 15) is 0 Å². The fourth-order valence-electron chi connectivity index (χ4n) is 3.12. The van der Waals surface area contributed by atoms with Crippen molar-refractivity contribution in [1.82, 2.24) is 10.2 Å². The molecule has 1 saturated heterocycles. The zero-order valence-electron chi connectivity index (χ0n) is 12.5. The molecule has 0 spiro atoms. The standard InChI is InChI=1S/C17H26N2O/c1-20-17-6-2-4-15(10-17)12-19(11-14-7-8-14)13-16-5-3-9-18-16/h2,4,6,10,14,16,18H,3,5,7-9,11-13H2,1H3. The molecule has 1 aromatic rings. The third-order valence-corrected chi connectivity index (χ3v) is 4.39. The second-order valence-electron chi connectivity index (χ2n) is 6.28. The van der Waals surface area contributed by atoms with Crippen LogP contribution < -0.4 is 10.1 Å². The first-order chi connectivity index (χ1) is 9.83. The highest BCUT2D eigenvalue weighted by molar-refractivity contribution is 5.28. The van der Waals surface area contributed by atoms with Crippen LogP contribution in [-0.2, 0) is 6.54 Å². The Bertz CT molecular complexity index is 425. The van der Waals surface area contributed by atoms with E-state index in [-0.39, 0.29) is 0 Å². The monoisotopic (exact) mass is 274 g/mol. The molecule has 3 nitrogen and oxygen atoms in total. The minimum Gasteiger partial charge on any atom is -0.497 e. The molecule has 2 fully saturated rings. The van der Waals surface area contributed by atoms with Gasteiger partial charge in [-0.3, -0.25) is 4.90 Å². The summed E-state index contributed by atoms with van der Waals surface area (Å²) in [5, 5.41) is 3.62. The van der Waals surface area contributed by atoms with Gasteiger partial charge in [-0.1, -0.05) is 12.1 Å². The van der Waals surface area contributed by atoms with E-state index >= 15 is 0 Å². The van der Waals surface area contributed by atoms with Gasteiger partial charge in [0.15, 0.2) is 0 Å². The van der Waals surface area contributed by atoms with Gasteiger partial charge in [0.1, 0.15) is 5.75 Å². The largest absolute Gasteiger partial charge is 0.497 e. The Morgan fingerprint density at radius 2 is 2.15 bits per heavy atom. The number of nitrogens with one attached hydrogen (secondary N) is 1. The molecule has 1 aliphatic carbocycles. The van der Waals surface area contributed by atoms with Crippen LogP contribution in [0.2, 0.25) is 0 Å². The van der Waals surface area contributed by atoms with Gasteiger partial charge in [0, 0.05) is 25.7 Å². The maximum absolute atomic E-state index is 5.33. The molecule has 0 aromatic heterocycles. The Morgan fingerprint density at radius 1 is 1.25 bits per heavy atom. The maximum atomic E-state index is 5.33. The molecule has 1 N–H and O–H groups in total. The lowest BCUT2D eigenvalue weighted by Gasteiger charge is -2.26. The highest BCUT2D eigenvalue weighted by Crippen LogP contribution is 2.30. The van der Waals surface area contributed by atoms with Crippen molar-refractivity contribution >= 4 is 0 Å². The minimum atomic E-state index is 0.694. The molecule has 1 aromatic carbocycles. The highest BCUT2D eigenvalue weighted by atomic mass is 16.5. The van der Waals surface area contributed by atoms with Crippen molar-refractivity contribution in [3.63, 3.8) is 0 Å². The van der Waals surface area contributed by atoms with Gasteiger partial charge >= 0.3 is 0 Å². The first-order valence-corrected chi connectivity index (χ1v) is 7.92. The molecule has 1 aliphatic heterocycles. The topological polar surface area (TPSA) is 24.5 Å². The normalized spacial score (nSPS) is 22.4. The van der Waals surface area contributed by atoms with Crippen LogP contribution in [0.5, 0.6) is 5.75 Å². The number of ether oxygens (including phenoxy) is 1. The molecule has 1 saturated carbocycles. The second kappa shape index (κ2) is 6.59. The van der Waals surface area contributed by atoms with Gasteiger partial charge in [-0.05, 0) is 55.8 Å². The molecule has 110 valence electrons. The minimum absolute atomic E-state index is 0.694. The van der Waals surface area contributed by atoms with Crippen molar-refractivity contribution in [1.29, 1.82) is 0 Å². The van der Waals surface area contributed by atoms with Crippen molar-refractivity contribution in [2.24, 2.45) is 5.92 Å². The van der Waals surface area contributed by atoms with Gasteiger partial charge in [0.25, 0.3) is 0 Å². The van der Waals surface area contributed by atoms with Crippen molar-refractivity contribution in [2.75, 3.05) is 26.7 Å². The average molecular weight is 274 g/mol. The SMILES string of the molecule is COc1cccc(CN(CC2CC2)CC2CCCN2)c1. The summed E-state index contributed by atoms with van der Waals surface area (Å²) in [4.78, 5) is 2.63. The first-order valence-electron chi connectivity index (χ1n) is 7.92. The summed E-state index contributed by atoms with van der Waals surface area (Å²) >= 11 is 0. The molecular formula is C17H26N2O. The lowest BCUT2D eigenvalue weighted by atomic mass is 10.1. The smallest absolute Gasteiger partial charge is 0.119 e. The van der Waals surface area contributed by atoms with E-state index in [1.54, 1.807) is 7.11 Å². The summed E-state index contributed by atoms with van der Waals surface area (Å²) in [7, 11) is 1.74. The van der Waals surface area contributed by atoms with Gasteiger partial charge in [0.05, 0.1) is 7.11 Å². The van der Waals surface area contributed by atoms with Crippen molar-refractivity contribution in [3.8, 4) is 5.75 Å². The molecule has 0 amide bonds. The number of rotatable bonds is 7. The molecule has 3 heteroatoms. The third kappa shape index (κ3) is 3.97. The van der Waals surface area contributed by atoms with Gasteiger partial charge in [-0.15, -0.1) is 0 Å². The van der Waals surface area contributed by atoms with Gasteiger partial charge in [0.2, 0.25) is 0 Å². The van der Waals surface area contributed by atoms with Crippen LogP contribution in [0.4, 0.5) is 0 Å². The summed E-state index contributed by atoms with van der Waals surface area (Å²) in [5.41, 5.74) is 1.36. The van der Waals surface area contributed by atoms with Crippen LogP contribution in [0.3, 0.4) is 0 Å². The summed E-state index contributed by atoms with van der Waals surface area (Å²) in [6.07, 6.45) is 5.51. The van der Waals surface area contributed by atoms with E-state index in [4.69, 9.17) is 4.74 Å². The number of nitrogens with zero attached hydrogens (tertiary/aromatic N) is 1. The molecule has 1 unspecified atom stereocenters. The van der Waals surface area contributed by atoms with E-state index in [0.29, 0.717) is 6.04 Å². The second-order valence-corrected chi connectivity index (χ2v) is 6.28. The summed E-state index contributed by atoms with van der Waals surface area (Å²) < 4.78 is 5.33. The maximum Gasteiger partial charge on any atom is 0.119 e. The third-order valence-electron chi connectivity index (χ3n) is 4.39. The highest BCUT2D eigenvalue weighted by Gasteiger charge is 2.26. The van der Waals surface area contributed by atoms with Crippen LogP contribution >= 0.6 is 0 Å². The molecule has 3 rings (SSSR count). The fraction of sp³-hybridized carbons (Fsp3) is 0.647. The summed E-state index contributed by atoms with van der Waals surface area (Å²) in [6.45, 7) is 4.69. The Kier molecular flexibility index (Phi) is 4.58. The van der Waals surface area contributed by atoms with E-state index < -0.39 is 0 Å². The average Bonchev–Trinajstić information content (AvgIpc) is 3.12. The summed E-state index contributed by atoms with van der Waals surface area (Å²) in [5.74, 6) is 1.91. The molecular weight excluding hydrogens is 248 g/mol. The van der Waals surface area contributed by atoms with Gasteiger partial charge in [-0.2, -0.15) is 0 Å². The molecule has 0 radical (unpaired) electrons. The fourth-order valence-corrected chi connectivity index (χ4v) is 3.12. The predicted octanol–water partition coefficient (Wildman–Crippen LogP) is 2.66. The van der Waals surface area contributed by atoms with Crippen molar-refractivity contribution < 1.29 is 4.74 Å². The van der Waals surface area contributed by atoms with Crippen LogP contribution in [0.15, 0.2) is 24.3 Å². The van der Waals surface area contributed by atoms with E-state index in [1.165, 1.54) is 50.9 Å². The van der Waals surface area contributed by atoms with Gasteiger partial charge < -0.3 is 10.1 Å². The van der Waals surface area contributed by atoms with Crippen LogP contribution in [0, 0.1) is 5.92 Å². The van der Waals surface area contributed by atoms with E-state index in [0.717, 1.165) is 18.2 Å². The number of benzene rings is 1. The quantitative estimate of drug-likeness (QED) is 0.827. The predicted molar refractivity (Wildman–Crippen MR) is 82.0 cm³/mol. The Labute approximate surface area is 122 Å². The number of hydrogen-bond acceptors (Lipinski definition) is 3. The lowest BCUT2D eigenvalue weighted by molar-refractivity contribution is 0.231. The molecule has 1 atom stereocenters. The zero-order valence-corrected chi connectivity index (χ0v) is 12.5.